The number of aromatic amines is 1. The summed E-state index contributed by atoms with van der Waals surface area (Å²) >= 11 is 0. The first-order valence-electron chi connectivity index (χ1n) is 9.81. The van der Waals surface area contributed by atoms with Crippen LogP contribution in [0.4, 0.5) is 4.39 Å². The minimum atomic E-state index is -3.38. The molecule has 2 aliphatic rings. The molecule has 2 aromatic rings. The summed E-state index contributed by atoms with van der Waals surface area (Å²) < 4.78 is 42.7. The van der Waals surface area contributed by atoms with E-state index in [1.807, 2.05) is 0 Å². The quantitative estimate of drug-likeness (QED) is 0.867. The van der Waals surface area contributed by atoms with Gasteiger partial charge in [0.1, 0.15) is 11.6 Å². The van der Waals surface area contributed by atoms with Gasteiger partial charge in [-0.25, -0.2) is 9.37 Å². The van der Waals surface area contributed by atoms with Gasteiger partial charge in [0, 0.05) is 32.6 Å². The second-order valence-electron chi connectivity index (χ2n) is 8.00. The maximum atomic E-state index is 13.4. The van der Waals surface area contributed by atoms with E-state index in [2.05, 4.69) is 16.9 Å². The Morgan fingerprint density at radius 3 is 2.74 bits per heavy atom. The summed E-state index contributed by atoms with van der Waals surface area (Å²) in [6.45, 7) is 4.55. The molecule has 0 spiro atoms. The third kappa shape index (κ3) is 4.02. The maximum absolute atomic E-state index is 13.4. The average Bonchev–Trinajstić information content (AvgIpc) is 3.03. The molecule has 2 fully saturated rings. The molecule has 1 atom stereocenters. The smallest absolute Gasteiger partial charge is 0.281 e. The third-order valence-corrected chi connectivity index (χ3v) is 7.85. The molecule has 3 heterocycles. The molecule has 148 valence electrons. The van der Waals surface area contributed by atoms with E-state index in [-0.39, 0.29) is 11.7 Å². The minimum absolute atomic E-state index is 0.225. The fourth-order valence-electron chi connectivity index (χ4n) is 4.19. The highest BCUT2D eigenvalue weighted by Crippen LogP contribution is 2.27. The van der Waals surface area contributed by atoms with E-state index in [0.717, 1.165) is 37.0 Å². The Bertz CT molecular complexity index is 906. The number of imidazole rings is 1. The summed E-state index contributed by atoms with van der Waals surface area (Å²) in [5.41, 5.74) is 1.43. The van der Waals surface area contributed by atoms with Crippen LogP contribution < -0.4 is 0 Å². The van der Waals surface area contributed by atoms with Gasteiger partial charge in [-0.3, -0.25) is 0 Å². The van der Waals surface area contributed by atoms with Crippen molar-refractivity contribution in [2.24, 2.45) is 11.8 Å². The van der Waals surface area contributed by atoms with Gasteiger partial charge in [0.05, 0.1) is 11.0 Å². The van der Waals surface area contributed by atoms with Crippen LogP contribution in [-0.2, 0) is 16.6 Å². The predicted molar refractivity (Wildman–Crippen MR) is 103 cm³/mol. The van der Waals surface area contributed by atoms with Crippen molar-refractivity contribution in [2.45, 2.75) is 39.0 Å². The molecular formula is C19H27FN4O2S. The largest absolute Gasteiger partial charge is 0.342 e. The van der Waals surface area contributed by atoms with Crippen LogP contribution in [0.1, 0.15) is 38.4 Å². The zero-order valence-electron chi connectivity index (χ0n) is 15.7. The van der Waals surface area contributed by atoms with E-state index in [1.165, 1.54) is 12.1 Å². The topological polar surface area (TPSA) is 69.3 Å². The molecule has 0 aliphatic carbocycles. The van der Waals surface area contributed by atoms with Gasteiger partial charge in [0.15, 0.2) is 0 Å². The Kier molecular flexibility index (Phi) is 5.22. The normalized spacial score (nSPS) is 23.9. The van der Waals surface area contributed by atoms with E-state index in [9.17, 15) is 12.8 Å². The van der Waals surface area contributed by atoms with Crippen LogP contribution in [0.5, 0.6) is 0 Å². The maximum Gasteiger partial charge on any atom is 0.281 e. The van der Waals surface area contributed by atoms with Crippen molar-refractivity contribution in [1.82, 2.24) is 18.6 Å². The van der Waals surface area contributed by atoms with Gasteiger partial charge < -0.3 is 4.98 Å². The Balaban J connectivity index is 1.44. The number of rotatable bonds is 4. The first-order chi connectivity index (χ1) is 12.9. The molecule has 1 aromatic heterocycles. The standard InChI is InChI=1S/C19H27FN4O2S/c1-14-6-9-23(10-7-14)27(25,26)24-8-2-3-15(13-24)11-19-21-17-5-4-16(20)12-18(17)22-19/h4-5,12,14-15H,2-3,6-11,13H2,1H3,(H,21,22). The van der Waals surface area contributed by atoms with Gasteiger partial charge >= 0.3 is 0 Å². The molecule has 1 unspecified atom stereocenters. The first-order valence-corrected chi connectivity index (χ1v) is 11.2. The van der Waals surface area contributed by atoms with Crippen molar-refractivity contribution < 1.29 is 12.8 Å². The SMILES string of the molecule is CC1CCN(S(=O)(=O)N2CCCC(Cc3nc4ccc(F)cc4[nH]3)C2)CC1. The predicted octanol–water partition coefficient (Wildman–Crippen LogP) is 2.93. The monoisotopic (exact) mass is 394 g/mol. The number of fused-ring (bicyclic) bond motifs is 1. The fraction of sp³-hybridized carbons (Fsp3) is 0.632. The van der Waals surface area contributed by atoms with E-state index in [4.69, 9.17) is 0 Å². The van der Waals surface area contributed by atoms with Crippen molar-refractivity contribution in [3.8, 4) is 0 Å². The molecule has 0 radical (unpaired) electrons. The Morgan fingerprint density at radius 1 is 1.19 bits per heavy atom. The molecule has 8 heteroatoms. The van der Waals surface area contributed by atoms with Gasteiger partial charge in [0.25, 0.3) is 10.2 Å². The third-order valence-electron chi connectivity index (χ3n) is 5.85. The highest BCUT2D eigenvalue weighted by Gasteiger charge is 2.35. The molecule has 1 N–H and O–H groups in total. The molecular weight excluding hydrogens is 367 g/mol. The molecule has 27 heavy (non-hydrogen) atoms. The number of hydrogen-bond donors (Lipinski definition) is 1. The van der Waals surface area contributed by atoms with E-state index in [1.54, 1.807) is 14.7 Å². The molecule has 1 aromatic carbocycles. The van der Waals surface area contributed by atoms with Crippen LogP contribution in [0.25, 0.3) is 11.0 Å². The molecule has 6 nitrogen and oxygen atoms in total. The van der Waals surface area contributed by atoms with Crippen molar-refractivity contribution in [1.29, 1.82) is 0 Å². The fourth-order valence-corrected chi connectivity index (χ4v) is 5.94. The van der Waals surface area contributed by atoms with Crippen LogP contribution >= 0.6 is 0 Å². The zero-order valence-corrected chi connectivity index (χ0v) is 16.5. The summed E-state index contributed by atoms with van der Waals surface area (Å²) in [6, 6.07) is 4.52. The van der Waals surface area contributed by atoms with E-state index >= 15 is 0 Å². The summed E-state index contributed by atoms with van der Waals surface area (Å²) in [7, 11) is -3.38. The number of H-pyrrole nitrogens is 1. The number of aromatic nitrogens is 2. The second-order valence-corrected chi connectivity index (χ2v) is 9.93. The number of nitrogens with one attached hydrogen (secondary N) is 1. The van der Waals surface area contributed by atoms with Gasteiger partial charge in [-0.15, -0.1) is 0 Å². The van der Waals surface area contributed by atoms with Crippen molar-refractivity contribution >= 4 is 21.2 Å². The van der Waals surface area contributed by atoms with Crippen molar-refractivity contribution in [3.63, 3.8) is 0 Å². The van der Waals surface area contributed by atoms with Crippen LogP contribution in [-0.4, -0.2) is 53.2 Å². The molecule has 4 rings (SSSR count). The van der Waals surface area contributed by atoms with Gasteiger partial charge in [-0.05, 0) is 55.7 Å². The van der Waals surface area contributed by atoms with E-state index < -0.39 is 10.2 Å². The Labute approximate surface area is 159 Å². The van der Waals surface area contributed by atoms with Crippen molar-refractivity contribution in [2.75, 3.05) is 26.2 Å². The van der Waals surface area contributed by atoms with Crippen LogP contribution in [0, 0.1) is 17.7 Å². The molecule has 0 amide bonds. The molecule has 0 bridgehead atoms. The van der Waals surface area contributed by atoms with Crippen LogP contribution in [0.15, 0.2) is 18.2 Å². The average molecular weight is 395 g/mol. The lowest BCUT2D eigenvalue weighted by atomic mass is 9.96. The van der Waals surface area contributed by atoms with Gasteiger partial charge in [-0.2, -0.15) is 17.0 Å². The molecule has 2 saturated heterocycles. The number of piperidine rings is 2. The number of hydrogen-bond acceptors (Lipinski definition) is 3. The number of nitrogens with zero attached hydrogens (tertiary/aromatic N) is 3. The lowest BCUT2D eigenvalue weighted by Crippen LogP contribution is -2.50. The first kappa shape index (κ1) is 18.8. The zero-order chi connectivity index (χ0) is 19.0. The van der Waals surface area contributed by atoms with Gasteiger partial charge in [0.2, 0.25) is 0 Å². The summed E-state index contributed by atoms with van der Waals surface area (Å²) in [5, 5.41) is 0. The summed E-state index contributed by atoms with van der Waals surface area (Å²) in [4.78, 5) is 7.71. The Hall–Kier alpha value is -1.51. The second kappa shape index (κ2) is 7.48. The molecule has 0 saturated carbocycles. The number of benzene rings is 1. The highest BCUT2D eigenvalue weighted by molar-refractivity contribution is 7.86. The van der Waals surface area contributed by atoms with Crippen molar-refractivity contribution in [3.05, 3.63) is 29.8 Å². The van der Waals surface area contributed by atoms with Gasteiger partial charge in [-0.1, -0.05) is 6.92 Å². The van der Waals surface area contributed by atoms with Crippen LogP contribution in [0.2, 0.25) is 0 Å². The van der Waals surface area contributed by atoms with Crippen LogP contribution in [0.3, 0.4) is 0 Å². The number of halogens is 1. The summed E-state index contributed by atoms with van der Waals surface area (Å²) in [6.07, 6.45) is 4.40. The Morgan fingerprint density at radius 2 is 1.96 bits per heavy atom. The minimum Gasteiger partial charge on any atom is -0.342 e. The lowest BCUT2D eigenvalue weighted by molar-refractivity contribution is 0.224. The molecule has 2 aliphatic heterocycles. The highest BCUT2D eigenvalue weighted by atomic mass is 32.2. The van der Waals surface area contributed by atoms with E-state index in [0.29, 0.717) is 44.0 Å². The summed E-state index contributed by atoms with van der Waals surface area (Å²) in [5.74, 6) is 1.33. The lowest BCUT2D eigenvalue weighted by Gasteiger charge is -2.37.